The van der Waals surface area contributed by atoms with Crippen LogP contribution >= 0.6 is 0 Å². The quantitative estimate of drug-likeness (QED) is 0.405. The summed E-state index contributed by atoms with van der Waals surface area (Å²) in [7, 11) is 0. The fourth-order valence-corrected chi connectivity index (χ4v) is 0.871. The summed E-state index contributed by atoms with van der Waals surface area (Å²) in [6.07, 6.45) is 2.15. The lowest BCUT2D eigenvalue weighted by Gasteiger charge is -1.92. The fraction of sp³-hybridized carbons (Fsp3) is 0.182. The number of hydrogen-bond acceptors (Lipinski definition) is 4. The SMILES string of the molecule is CCOC(=O)C#Cc1cc(C=O)ccn1. The maximum atomic E-state index is 10.9. The van der Waals surface area contributed by atoms with Gasteiger partial charge in [-0.25, -0.2) is 9.78 Å². The zero-order valence-corrected chi connectivity index (χ0v) is 8.19. The van der Waals surface area contributed by atoms with Crippen LogP contribution in [0.2, 0.25) is 0 Å². The number of aldehydes is 1. The molecule has 76 valence electrons. The Morgan fingerprint density at radius 3 is 3.13 bits per heavy atom. The van der Waals surface area contributed by atoms with Crippen molar-refractivity contribution in [2.24, 2.45) is 0 Å². The highest BCUT2D eigenvalue weighted by atomic mass is 16.5. The van der Waals surface area contributed by atoms with Crippen LogP contribution in [0.1, 0.15) is 23.0 Å². The molecule has 0 N–H and O–H groups in total. The molecule has 4 nitrogen and oxygen atoms in total. The number of rotatable bonds is 2. The molecule has 0 saturated carbocycles. The zero-order chi connectivity index (χ0) is 11.1. The molecule has 0 aromatic carbocycles. The van der Waals surface area contributed by atoms with Crippen LogP contribution in [0.15, 0.2) is 18.3 Å². The van der Waals surface area contributed by atoms with Gasteiger partial charge in [-0.05, 0) is 25.0 Å². The number of esters is 1. The number of aromatic nitrogens is 1. The van der Waals surface area contributed by atoms with Gasteiger partial charge in [0.2, 0.25) is 0 Å². The minimum atomic E-state index is -0.601. The number of hydrogen-bond donors (Lipinski definition) is 0. The van der Waals surface area contributed by atoms with Crippen molar-refractivity contribution < 1.29 is 14.3 Å². The molecule has 0 radical (unpaired) electrons. The smallest absolute Gasteiger partial charge is 0.384 e. The van der Waals surface area contributed by atoms with Crippen molar-refractivity contribution in [1.29, 1.82) is 0 Å². The molecule has 0 spiro atoms. The van der Waals surface area contributed by atoms with Gasteiger partial charge in [-0.15, -0.1) is 0 Å². The Balaban J connectivity index is 2.79. The van der Waals surface area contributed by atoms with Gasteiger partial charge in [0.25, 0.3) is 0 Å². The predicted octanol–water partition coefficient (Wildman–Crippen LogP) is 0.809. The third-order valence-corrected chi connectivity index (χ3v) is 1.49. The normalized spacial score (nSPS) is 8.60. The minimum Gasteiger partial charge on any atom is -0.456 e. The van der Waals surface area contributed by atoms with Crippen LogP contribution in [0.5, 0.6) is 0 Å². The van der Waals surface area contributed by atoms with Crippen molar-refractivity contribution in [2.75, 3.05) is 6.61 Å². The summed E-state index contributed by atoms with van der Waals surface area (Å²) >= 11 is 0. The first-order valence-electron chi connectivity index (χ1n) is 4.36. The van der Waals surface area contributed by atoms with E-state index in [4.69, 9.17) is 0 Å². The van der Waals surface area contributed by atoms with Gasteiger partial charge < -0.3 is 4.74 Å². The Bertz CT molecular complexity index is 429. The van der Waals surface area contributed by atoms with Gasteiger partial charge in [0.05, 0.1) is 6.61 Å². The van der Waals surface area contributed by atoms with E-state index in [1.165, 1.54) is 12.3 Å². The van der Waals surface area contributed by atoms with Gasteiger partial charge in [-0.2, -0.15) is 0 Å². The lowest BCUT2D eigenvalue weighted by atomic mass is 10.2. The molecule has 0 unspecified atom stereocenters. The molecular weight excluding hydrogens is 194 g/mol. The molecule has 4 heteroatoms. The average Bonchev–Trinajstić information content (AvgIpc) is 2.27. The number of pyridine rings is 1. The second kappa shape index (κ2) is 5.55. The maximum absolute atomic E-state index is 10.9. The third kappa shape index (κ3) is 3.61. The highest BCUT2D eigenvalue weighted by Crippen LogP contribution is 1.96. The summed E-state index contributed by atoms with van der Waals surface area (Å²) in [5.41, 5.74) is 0.839. The Morgan fingerprint density at radius 2 is 2.47 bits per heavy atom. The Hall–Kier alpha value is -2.15. The van der Waals surface area contributed by atoms with Gasteiger partial charge >= 0.3 is 5.97 Å². The van der Waals surface area contributed by atoms with E-state index in [0.29, 0.717) is 17.5 Å². The molecule has 0 aliphatic rings. The van der Waals surface area contributed by atoms with Crippen molar-refractivity contribution in [3.8, 4) is 11.8 Å². The number of nitrogens with zero attached hydrogens (tertiary/aromatic N) is 1. The predicted molar refractivity (Wildman–Crippen MR) is 53.1 cm³/mol. The van der Waals surface area contributed by atoms with Crippen molar-refractivity contribution in [3.63, 3.8) is 0 Å². The fourth-order valence-electron chi connectivity index (χ4n) is 0.871. The number of carbonyl (C=O) groups excluding carboxylic acids is 2. The molecule has 0 atom stereocenters. The molecule has 1 rings (SSSR count). The van der Waals surface area contributed by atoms with E-state index in [2.05, 4.69) is 21.6 Å². The van der Waals surface area contributed by atoms with Crippen molar-refractivity contribution in [3.05, 3.63) is 29.6 Å². The van der Waals surface area contributed by atoms with Gasteiger partial charge in [0.15, 0.2) is 0 Å². The minimum absolute atomic E-state index is 0.287. The van der Waals surface area contributed by atoms with Crippen LogP contribution in [-0.4, -0.2) is 23.8 Å². The van der Waals surface area contributed by atoms with E-state index >= 15 is 0 Å². The largest absolute Gasteiger partial charge is 0.456 e. The maximum Gasteiger partial charge on any atom is 0.384 e. The van der Waals surface area contributed by atoms with Crippen LogP contribution in [0.25, 0.3) is 0 Å². The van der Waals surface area contributed by atoms with Crippen LogP contribution in [0.3, 0.4) is 0 Å². The van der Waals surface area contributed by atoms with Gasteiger partial charge in [0, 0.05) is 17.7 Å². The van der Waals surface area contributed by atoms with Gasteiger partial charge in [0.1, 0.15) is 12.0 Å². The van der Waals surface area contributed by atoms with E-state index in [9.17, 15) is 9.59 Å². The standard InChI is InChI=1S/C11H9NO3/c1-2-15-11(14)4-3-10-7-9(8-13)5-6-12-10/h5-8H,2H2,1H3. The highest BCUT2D eigenvalue weighted by molar-refractivity contribution is 5.89. The van der Waals surface area contributed by atoms with E-state index in [-0.39, 0.29) is 6.61 Å². The highest BCUT2D eigenvalue weighted by Gasteiger charge is 1.95. The summed E-state index contributed by atoms with van der Waals surface area (Å²) in [5, 5.41) is 0. The summed E-state index contributed by atoms with van der Waals surface area (Å²) in [5.74, 6) is 4.17. The van der Waals surface area contributed by atoms with E-state index in [0.717, 1.165) is 0 Å². The first-order valence-corrected chi connectivity index (χ1v) is 4.36. The molecule has 0 saturated heterocycles. The van der Waals surface area contributed by atoms with Crippen molar-refractivity contribution >= 4 is 12.3 Å². The summed E-state index contributed by atoms with van der Waals surface area (Å²) in [4.78, 5) is 25.2. The summed E-state index contributed by atoms with van der Waals surface area (Å²) in [6, 6.07) is 3.06. The Kier molecular flexibility index (Phi) is 4.05. The van der Waals surface area contributed by atoms with Gasteiger partial charge in [-0.3, -0.25) is 4.79 Å². The second-order valence-electron chi connectivity index (χ2n) is 2.56. The van der Waals surface area contributed by atoms with Crippen LogP contribution < -0.4 is 0 Å². The molecule has 0 amide bonds. The van der Waals surface area contributed by atoms with Gasteiger partial charge in [-0.1, -0.05) is 0 Å². The summed E-state index contributed by atoms with van der Waals surface area (Å²) in [6.45, 7) is 1.99. The molecule has 1 aromatic heterocycles. The molecule has 1 aromatic rings. The van der Waals surface area contributed by atoms with E-state index < -0.39 is 5.97 Å². The van der Waals surface area contributed by atoms with E-state index in [1.807, 2.05) is 0 Å². The van der Waals surface area contributed by atoms with Crippen LogP contribution in [-0.2, 0) is 9.53 Å². The number of ether oxygens (including phenoxy) is 1. The lowest BCUT2D eigenvalue weighted by molar-refractivity contribution is -0.136. The molecule has 0 aliphatic heterocycles. The molecule has 15 heavy (non-hydrogen) atoms. The molecule has 1 heterocycles. The summed E-state index contributed by atoms with van der Waals surface area (Å²) < 4.78 is 4.61. The third-order valence-electron chi connectivity index (χ3n) is 1.49. The van der Waals surface area contributed by atoms with Crippen molar-refractivity contribution in [2.45, 2.75) is 6.92 Å². The zero-order valence-electron chi connectivity index (χ0n) is 8.19. The Labute approximate surface area is 87.3 Å². The first-order chi connectivity index (χ1) is 7.26. The molecular formula is C11H9NO3. The lowest BCUT2D eigenvalue weighted by Crippen LogP contribution is -1.99. The molecule has 0 aliphatic carbocycles. The second-order valence-corrected chi connectivity index (χ2v) is 2.56. The van der Waals surface area contributed by atoms with Crippen LogP contribution in [0.4, 0.5) is 0 Å². The number of carbonyl (C=O) groups is 2. The van der Waals surface area contributed by atoms with Crippen molar-refractivity contribution in [1.82, 2.24) is 4.98 Å². The molecule has 0 bridgehead atoms. The topological polar surface area (TPSA) is 56.3 Å². The van der Waals surface area contributed by atoms with E-state index in [1.54, 1.807) is 13.0 Å². The monoisotopic (exact) mass is 203 g/mol. The average molecular weight is 203 g/mol. The Morgan fingerprint density at radius 1 is 1.67 bits per heavy atom. The van der Waals surface area contributed by atoms with Crippen LogP contribution in [0, 0.1) is 11.8 Å². The first kappa shape index (κ1) is 10.9. The molecule has 0 fully saturated rings.